The zero-order chi connectivity index (χ0) is 43.1. The minimum absolute atomic E-state index is 0.120. The van der Waals surface area contributed by atoms with Crippen molar-refractivity contribution in [2.75, 3.05) is 0 Å². The molecule has 0 aliphatic carbocycles. The van der Waals surface area contributed by atoms with E-state index in [4.69, 9.17) is 20.4 Å². The normalized spacial score (nSPS) is 13.3. The van der Waals surface area contributed by atoms with E-state index in [0.29, 0.717) is 34.4 Å². The predicted octanol–water partition coefficient (Wildman–Crippen LogP) is 12.7. The van der Waals surface area contributed by atoms with Crippen LogP contribution in [0.1, 0.15) is 9.60 Å². The topological polar surface area (TPSA) is 48.5 Å². The Morgan fingerprint density at radius 3 is 1.70 bits per heavy atom. The van der Waals surface area contributed by atoms with Crippen LogP contribution >= 0.6 is 0 Å². The van der Waals surface area contributed by atoms with Gasteiger partial charge >= 0.3 is 0 Å². The molecule has 3 heterocycles. The molecule has 8 aromatic carbocycles. The van der Waals surface area contributed by atoms with Gasteiger partial charge in [-0.1, -0.05) is 158 Å². The number of benzene rings is 8. The van der Waals surface area contributed by atoms with Crippen LogP contribution in [0, 0.1) is 0 Å². The van der Waals surface area contributed by atoms with Gasteiger partial charge in [-0.05, 0) is 64.6 Å². The molecule has 11 rings (SSSR count). The summed E-state index contributed by atoms with van der Waals surface area (Å²) >= 11 is 0. The zero-order valence-electron chi connectivity index (χ0n) is 36.7. The fraction of sp³-hybridized carbons (Fsp3) is 0. The lowest BCUT2D eigenvalue weighted by Crippen LogP contribution is -2.06. The van der Waals surface area contributed by atoms with Crippen molar-refractivity contribution in [1.29, 1.82) is 0 Å². The first-order valence-electron chi connectivity index (χ1n) is 21.8. The van der Waals surface area contributed by atoms with Crippen LogP contribution in [-0.2, 0) is 0 Å². The molecule has 3 aromatic heterocycles. The zero-order valence-corrected chi connectivity index (χ0v) is 29.7. The average Bonchev–Trinajstić information content (AvgIpc) is 3.87. The molecule has 0 aliphatic rings. The van der Waals surface area contributed by atoms with Crippen molar-refractivity contribution in [2.45, 2.75) is 0 Å². The third-order valence-electron chi connectivity index (χ3n) is 10.2. The van der Waals surface area contributed by atoms with Crippen LogP contribution in [-0.4, -0.2) is 24.1 Å². The van der Waals surface area contributed by atoms with Crippen LogP contribution in [0.25, 0.3) is 100 Å². The summed E-state index contributed by atoms with van der Waals surface area (Å²) in [5, 5.41) is 2.11. The molecule has 0 amide bonds. The summed E-state index contributed by atoms with van der Waals surface area (Å²) in [6.07, 6.45) is 0. The van der Waals surface area contributed by atoms with Crippen molar-refractivity contribution in [3.63, 3.8) is 0 Å². The van der Waals surface area contributed by atoms with Gasteiger partial charge < -0.3 is 4.57 Å². The highest BCUT2D eigenvalue weighted by Gasteiger charge is 2.19. The van der Waals surface area contributed by atoms with Crippen molar-refractivity contribution >= 4 is 43.6 Å². The largest absolute Gasteiger partial charge is 0.309 e. The van der Waals surface area contributed by atoms with Crippen LogP contribution < -0.4 is 0 Å². The summed E-state index contributed by atoms with van der Waals surface area (Å²) in [5.41, 5.74) is 6.80. The molecule has 56 heavy (non-hydrogen) atoms. The lowest BCUT2D eigenvalue weighted by molar-refractivity contribution is 0.953. The van der Waals surface area contributed by atoms with Crippen LogP contribution in [0.3, 0.4) is 0 Å². The molecule has 0 aliphatic heterocycles. The second-order valence-electron chi connectivity index (χ2n) is 13.5. The molecular formula is C51H33N5. The molecule has 0 unspecified atom stereocenters. The number of hydrogen-bond donors (Lipinski definition) is 0. The monoisotopic (exact) mass is 722 g/mol. The Morgan fingerprint density at radius 1 is 0.357 bits per heavy atom. The fourth-order valence-corrected chi connectivity index (χ4v) is 7.59. The molecule has 0 spiro atoms. The molecular weight excluding hydrogens is 683 g/mol. The third kappa shape index (κ3) is 5.29. The maximum absolute atomic E-state index is 9.80. The molecule has 0 N–H and O–H groups in total. The minimum Gasteiger partial charge on any atom is -0.309 e. The third-order valence-corrected chi connectivity index (χ3v) is 10.2. The lowest BCUT2D eigenvalue weighted by atomic mass is 10.0. The van der Waals surface area contributed by atoms with Crippen LogP contribution in [0.15, 0.2) is 200 Å². The highest BCUT2D eigenvalue weighted by atomic mass is 15.2. The van der Waals surface area contributed by atoms with Crippen molar-refractivity contribution < 1.29 is 9.60 Å². The lowest BCUT2D eigenvalue weighted by Gasteiger charge is -2.12. The molecule has 5 nitrogen and oxygen atoms in total. The summed E-state index contributed by atoms with van der Waals surface area (Å²) in [5.74, 6) is 1.33. The number of aromatic nitrogens is 5. The second-order valence-corrected chi connectivity index (χ2v) is 13.5. The van der Waals surface area contributed by atoms with Crippen LogP contribution in [0.4, 0.5) is 0 Å². The first-order chi connectivity index (χ1) is 30.7. The van der Waals surface area contributed by atoms with E-state index >= 15 is 0 Å². The Labute approximate surface area is 333 Å². The van der Waals surface area contributed by atoms with Gasteiger partial charge in [-0.15, -0.1) is 0 Å². The standard InChI is InChI=1S/C51H33N5/c1-4-14-34(15-5-1)35-24-26-37(27-25-35)50-52-49(36-16-6-2-7-17-36)53-51(54-50)56-46-23-13-10-20-41(46)43-30-28-39(33-48(43)56)38-29-31-47-44(32-38)42-21-11-12-22-45(42)55(47)40-18-8-3-9-19-40/h1-33H/i11D,12D,21D,22D,29D,31D,32D. The Balaban J connectivity index is 1.17. The quantitative estimate of drug-likeness (QED) is 0.172. The first kappa shape index (κ1) is 25.4. The Morgan fingerprint density at radius 2 is 0.929 bits per heavy atom. The molecule has 0 bridgehead atoms. The van der Waals surface area contributed by atoms with E-state index < -0.39 is 12.1 Å². The Kier molecular flexibility index (Phi) is 5.92. The second kappa shape index (κ2) is 13.0. The summed E-state index contributed by atoms with van der Waals surface area (Å²) in [6, 6.07) is 48.6. The molecule has 0 saturated carbocycles. The number of rotatable bonds is 6. The van der Waals surface area contributed by atoms with Gasteiger partial charge in [0.05, 0.1) is 31.7 Å². The molecule has 262 valence electrons. The number of nitrogens with zero attached hydrogens (tertiary/aromatic N) is 5. The van der Waals surface area contributed by atoms with Crippen LogP contribution in [0.2, 0.25) is 0 Å². The van der Waals surface area contributed by atoms with Crippen molar-refractivity contribution in [1.82, 2.24) is 24.1 Å². The van der Waals surface area contributed by atoms with Gasteiger partial charge in [0.25, 0.3) is 0 Å². The molecule has 0 saturated heterocycles. The molecule has 0 atom stereocenters. The SMILES string of the molecule is [2H]c1c([2H])c([2H])c2c(c1[2H])c1c([2H])c(-c3ccc4c5ccccc5n(-c5nc(-c6ccccc6)nc(-c6ccc(-c7ccccc7)cc6)n5)c4c3)c([2H])c([2H])c1n2-c1ccccc1. The van der Waals surface area contributed by atoms with Gasteiger partial charge in [0, 0.05) is 38.4 Å². The van der Waals surface area contributed by atoms with E-state index in [2.05, 4.69) is 24.3 Å². The van der Waals surface area contributed by atoms with Gasteiger partial charge in [0.1, 0.15) is 0 Å². The van der Waals surface area contributed by atoms with E-state index in [-0.39, 0.29) is 57.6 Å². The first-order valence-corrected chi connectivity index (χ1v) is 18.3. The summed E-state index contributed by atoms with van der Waals surface area (Å²) in [7, 11) is 0. The Hall–Kier alpha value is -7.63. The maximum Gasteiger partial charge on any atom is 0.238 e. The van der Waals surface area contributed by atoms with Gasteiger partial charge in [-0.3, -0.25) is 4.57 Å². The smallest absolute Gasteiger partial charge is 0.238 e. The fourth-order valence-electron chi connectivity index (χ4n) is 7.59. The summed E-state index contributed by atoms with van der Waals surface area (Å²) in [6.45, 7) is 0. The number of hydrogen-bond acceptors (Lipinski definition) is 3. The number of para-hydroxylation sites is 3. The van der Waals surface area contributed by atoms with Gasteiger partial charge in [-0.2, -0.15) is 9.97 Å². The highest BCUT2D eigenvalue weighted by Crippen LogP contribution is 2.38. The van der Waals surface area contributed by atoms with Gasteiger partial charge in [-0.25, -0.2) is 4.98 Å². The van der Waals surface area contributed by atoms with E-state index in [1.807, 2.05) is 114 Å². The van der Waals surface area contributed by atoms with E-state index in [1.165, 1.54) is 0 Å². The minimum atomic E-state index is -0.438. The highest BCUT2D eigenvalue weighted by molar-refractivity contribution is 6.12. The number of fused-ring (bicyclic) bond motifs is 6. The van der Waals surface area contributed by atoms with Crippen molar-refractivity contribution in [3.8, 4) is 56.7 Å². The molecule has 5 heteroatoms. The average molecular weight is 723 g/mol. The van der Waals surface area contributed by atoms with Gasteiger partial charge in [0.2, 0.25) is 5.95 Å². The van der Waals surface area contributed by atoms with Gasteiger partial charge in [0.15, 0.2) is 11.6 Å². The van der Waals surface area contributed by atoms with E-state index in [0.717, 1.165) is 38.5 Å². The summed E-state index contributed by atoms with van der Waals surface area (Å²) in [4.78, 5) is 15.2. The van der Waals surface area contributed by atoms with E-state index in [9.17, 15) is 4.11 Å². The Bertz CT molecular complexity index is 3630. The molecule has 11 aromatic rings. The van der Waals surface area contributed by atoms with Crippen molar-refractivity contribution in [3.05, 3.63) is 200 Å². The molecule has 0 fully saturated rings. The van der Waals surface area contributed by atoms with Crippen molar-refractivity contribution in [2.24, 2.45) is 0 Å². The molecule has 0 radical (unpaired) electrons. The van der Waals surface area contributed by atoms with E-state index in [1.54, 1.807) is 28.8 Å². The maximum atomic E-state index is 9.80. The predicted molar refractivity (Wildman–Crippen MR) is 230 cm³/mol. The summed E-state index contributed by atoms with van der Waals surface area (Å²) < 4.78 is 67.6. The van der Waals surface area contributed by atoms with Crippen LogP contribution in [0.5, 0.6) is 0 Å².